The van der Waals surface area contributed by atoms with Gasteiger partial charge in [0.25, 0.3) is 0 Å². The highest BCUT2D eigenvalue weighted by Gasteiger charge is 2.23. The lowest BCUT2D eigenvalue weighted by atomic mass is 9.95. The molecule has 6 nitrogen and oxygen atoms in total. The Hall–Kier alpha value is -1.98. The number of nitrogens with zero attached hydrogens (tertiary/aromatic N) is 3. The van der Waals surface area contributed by atoms with Crippen LogP contribution in [0.3, 0.4) is 0 Å². The zero-order chi connectivity index (χ0) is 15.2. The maximum Gasteiger partial charge on any atom is 0.217 e. The third kappa shape index (κ3) is 4.24. The zero-order valence-corrected chi connectivity index (χ0v) is 12.9. The Morgan fingerprint density at radius 2 is 2.38 bits per heavy atom. The summed E-state index contributed by atoms with van der Waals surface area (Å²) in [6.45, 7) is 2.56. The van der Waals surface area contributed by atoms with Gasteiger partial charge in [-0.05, 0) is 30.9 Å². The maximum atomic E-state index is 11.1. The topological polar surface area (TPSA) is 75.7 Å². The number of piperidine rings is 1. The van der Waals surface area contributed by atoms with Gasteiger partial charge in [0, 0.05) is 45.5 Å². The molecule has 0 aromatic carbocycles. The summed E-state index contributed by atoms with van der Waals surface area (Å²) in [7, 11) is 3.83. The van der Waals surface area contributed by atoms with E-state index in [1.165, 1.54) is 5.69 Å². The van der Waals surface area contributed by atoms with Gasteiger partial charge in [0.1, 0.15) is 0 Å². The molecule has 0 radical (unpaired) electrons. The number of likely N-dealkylation sites (tertiary alicyclic amines) is 1. The number of guanidine groups is 1. The predicted molar refractivity (Wildman–Crippen MR) is 83.7 cm³/mol. The van der Waals surface area contributed by atoms with Crippen molar-refractivity contribution in [3.8, 4) is 0 Å². The maximum absolute atomic E-state index is 11.1. The van der Waals surface area contributed by atoms with E-state index in [0.717, 1.165) is 38.4 Å². The average molecular weight is 291 g/mol. The molecule has 116 valence electrons. The Bertz CT molecular complexity index is 508. The number of amides is 1. The molecule has 1 fully saturated rings. The third-order valence-electron chi connectivity index (χ3n) is 4.00. The van der Waals surface area contributed by atoms with Crippen molar-refractivity contribution in [1.29, 1.82) is 0 Å². The van der Waals surface area contributed by atoms with Crippen LogP contribution in [-0.2, 0) is 18.4 Å². The van der Waals surface area contributed by atoms with Crippen molar-refractivity contribution < 1.29 is 4.79 Å². The molecule has 0 bridgehead atoms. The van der Waals surface area contributed by atoms with Gasteiger partial charge >= 0.3 is 0 Å². The van der Waals surface area contributed by atoms with Crippen molar-refractivity contribution in [2.24, 2.45) is 23.7 Å². The van der Waals surface area contributed by atoms with Crippen molar-refractivity contribution in [1.82, 2.24) is 14.8 Å². The highest BCUT2D eigenvalue weighted by atomic mass is 16.1. The monoisotopic (exact) mass is 291 g/mol. The van der Waals surface area contributed by atoms with Crippen LogP contribution >= 0.6 is 0 Å². The van der Waals surface area contributed by atoms with Crippen molar-refractivity contribution in [2.75, 3.05) is 20.1 Å². The third-order valence-corrected chi connectivity index (χ3v) is 4.00. The van der Waals surface area contributed by atoms with E-state index in [1.807, 2.05) is 19.3 Å². The molecule has 0 aliphatic carbocycles. The number of hydrogen-bond donors (Lipinski definition) is 2. The molecule has 2 heterocycles. The van der Waals surface area contributed by atoms with E-state index in [-0.39, 0.29) is 5.91 Å². The van der Waals surface area contributed by atoms with E-state index in [2.05, 4.69) is 25.8 Å². The summed E-state index contributed by atoms with van der Waals surface area (Å²) < 4.78 is 2.09. The molecule has 1 amide bonds. The molecule has 1 aliphatic rings. The number of hydrogen-bond acceptors (Lipinski definition) is 2. The standard InChI is InChI=1S/C15H25N5O/c1-17-15(18-10-13-6-4-7-19(13)2)20-8-3-5-12(11-20)9-14(16)21/h4,6-7,12H,3,5,8-11H2,1-2H3,(H2,16,21)(H,17,18). The van der Waals surface area contributed by atoms with Gasteiger partial charge in [-0.15, -0.1) is 0 Å². The van der Waals surface area contributed by atoms with Crippen LogP contribution in [-0.4, -0.2) is 41.5 Å². The minimum Gasteiger partial charge on any atom is -0.370 e. The first kappa shape index (κ1) is 15.4. The van der Waals surface area contributed by atoms with Gasteiger partial charge in [0.15, 0.2) is 5.96 Å². The number of rotatable bonds is 4. The average Bonchev–Trinajstić information content (AvgIpc) is 2.85. The van der Waals surface area contributed by atoms with E-state index in [4.69, 9.17) is 5.73 Å². The van der Waals surface area contributed by atoms with Gasteiger partial charge < -0.3 is 20.5 Å². The van der Waals surface area contributed by atoms with Gasteiger partial charge in [-0.2, -0.15) is 0 Å². The Labute approximate surface area is 126 Å². The minimum absolute atomic E-state index is 0.214. The van der Waals surface area contributed by atoms with E-state index in [0.29, 0.717) is 12.3 Å². The summed E-state index contributed by atoms with van der Waals surface area (Å²) in [5.41, 5.74) is 6.52. The normalized spacial score (nSPS) is 19.6. The number of nitrogens with one attached hydrogen (secondary N) is 1. The van der Waals surface area contributed by atoms with E-state index < -0.39 is 0 Å². The van der Waals surface area contributed by atoms with E-state index in [9.17, 15) is 4.79 Å². The second-order valence-corrected chi connectivity index (χ2v) is 5.64. The number of carbonyl (C=O) groups excluding carboxylic acids is 1. The fraction of sp³-hybridized carbons (Fsp3) is 0.600. The molecule has 21 heavy (non-hydrogen) atoms. The van der Waals surface area contributed by atoms with Gasteiger partial charge in [-0.25, -0.2) is 0 Å². The Morgan fingerprint density at radius 3 is 3.00 bits per heavy atom. The first-order valence-electron chi connectivity index (χ1n) is 7.44. The molecule has 0 saturated carbocycles. The lowest BCUT2D eigenvalue weighted by molar-refractivity contribution is -0.119. The summed E-state index contributed by atoms with van der Waals surface area (Å²) in [6, 6.07) is 4.12. The van der Waals surface area contributed by atoms with Crippen molar-refractivity contribution >= 4 is 11.9 Å². The minimum atomic E-state index is -0.214. The summed E-state index contributed by atoms with van der Waals surface area (Å²) in [6.07, 6.45) is 4.63. The second kappa shape index (κ2) is 7.15. The molecular formula is C15H25N5O. The summed E-state index contributed by atoms with van der Waals surface area (Å²) in [5.74, 6) is 1.02. The number of primary amides is 1. The highest BCUT2D eigenvalue weighted by molar-refractivity contribution is 5.80. The summed E-state index contributed by atoms with van der Waals surface area (Å²) in [5, 5.41) is 3.40. The Kier molecular flexibility index (Phi) is 5.25. The fourth-order valence-corrected chi connectivity index (χ4v) is 2.89. The van der Waals surface area contributed by atoms with Crippen LogP contribution < -0.4 is 11.1 Å². The molecule has 0 spiro atoms. The lowest BCUT2D eigenvalue weighted by Crippen LogP contribution is -2.47. The van der Waals surface area contributed by atoms with Crippen LogP contribution in [0.2, 0.25) is 0 Å². The summed E-state index contributed by atoms with van der Waals surface area (Å²) >= 11 is 0. The molecule has 3 N–H and O–H groups in total. The van der Waals surface area contributed by atoms with E-state index >= 15 is 0 Å². The molecule has 1 atom stereocenters. The number of nitrogens with two attached hydrogens (primary N) is 1. The number of aryl methyl sites for hydroxylation is 1. The Morgan fingerprint density at radius 1 is 1.57 bits per heavy atom. The van der Waals surface area contributed by atoms with Crippen LogP contribution in [0.1, 0.15) is 25.0 Å². The van der Waals surface area contributed by atoms with Gasteiger partial charge in [-0.3, -0.25) is 9.79 Å². The molecule has 2 rings (SSSR count). The first-order valence-corrected chi connectivity index (χ1v) is 7.44. The fourth-order valence-electron chi connectivity index (χ4n) is 2.89. The van der Waals surface area contributed by atoms with Crippen molar-refractivity contribution in [3.63, 3.8) is 0 Å². The van der Waals surface area contributed by atoms with Gasteiger partial charge in [0.2, 0.25) is 5.91 Å². The second-order valence-electron chi connectivity index (χ2n) is 5.64. The largest absolute Gasteiger partial charge is 0.370 e. The molecular weight excluding hydrogens is 266 g/mol. The Balaban J connectivity index is 1.91. The number of aliphatic imine (C=N–C) groups is 1. The molecule has 1 unspecified atom stereocenters. The highest BCUT2D eigenvalue weighted by Crippen LogP contribution is 2.19. The predicted octanol–water partition coefficient (Wildman–Crippen LogP) is 0.688. The van der Waals surface area contributed by atoms with Crippen LogP contribution in [0.15, 0.2) is 23.3 Å². The van der Waals surface area contributed by atoms with Crippen molar-refractivity contribution in [3.05, 3.63) is 24.0 Å². The molecule has 1 aromatic rings. The van der Waals surface area contributed by atoms with Gasteiger partial charge in [-0.1, -0.05) is 0 Å². The van der Waals surface area contributed by atoms with Crippen LogP contribution in [0.5, 0.6) is 0 Å². The first-order chi connectivity index (χ1) is 10.1. The molecule has 1 saturated heterocycles. The number of carbonyl (C=O) groups is 1. The quantitative estimate of drug-likeness (QED) is 0.633. The smallest absolute Gasteiger partial charge is 0.217 e. The van der Waals surface area contributed by atoms with Crippen LogP contribution in [0.4, 0.5) is 0 Å². The van der Waals surface area contributed by atoms with Gasteiger partial charge in [0.05, 0.1) is 6.54 Å². The van der Waals surface area contributed by atoms with Crippen molar-refractivity contribution in [2.45, 2.75) is 25.8 Å². The molecule has 6 heteroatoms. The lowest BCUT2D eigenvalue weighted by Gasteiger charge is -2.34. The molecule has 1 aromatic heterocycles. The van der Waals surface area contributed by atoms with Crippen LogP contribution in [0, 0.1) is 5.92 Å². The number of aromatic nitrogens is 1. The summed E-state index contributed by atoms with van der Waals surface area (Å²) in [4.78, 5) is 17.7. The zero-order valence-electron chi connectivity index (χ0n) is 12.9. The molecule has 1 aliphatic heterocycles. The van der Waals surface area contributed by atoms with Crippen LogP contribution in [0.25, 0.3) is 0 Å². The van der Waals surface area contributed by atoms with E-state index in [1.54, 1.807) is 7.05 Å². The SMILES string of the molecule is CN=C(NCc1cccn1C)N1CCCC(CC(N)=O)C1.